The molecule has 0 bridgehead atoms. The molecule has 1 aliphatic rings. The lowest BCUT2D eigenvalue weighted by Crippen LogP contribution is -2.36. The van der Waals surface area contributed by atoms with Gasteiger partial charge >= 0.3 is 0 Å². The van der Waals surface area contributed by atoms with Crippen molar-refractivity contribution >= 4 is 22.8 Å². The van der Waals surface area contributed by atoms with Crippen molar-refractivity contribution in [1.29, 1.82) is 0 Å². The molecule has 1 aliphatic carbocycles. The van der Waals surface area contributed by atoms with Gasteiger partial charge in [0.05, 0.1) is 6.26 Å². The number of amides is 2. The highest BCUT2D eigenvalue weighted by Gasteiger charge is 2.18. The highest BCUT2D eigenvalue weighted by atomic mass is 16.5. The van der Waals surface area contributed by atoms with Crippen LogP contribution in [-0.2, 0) is 17.6 Å². The zero-order valence-electron chi connectivity index (χ0n) is 15.5. The van der Waals surface area contributed by atoms with Crippen LogP contribution >= 0.6 is 0 Å². The number of hydrogen-bond acceptors (Lipinski definition) is 5. The maximum atomic E-state index is 12.0. The van der Waals surface area contributed by atoms with Crippen molar-refractivity contribution in [2.75, 3.05) is 19.7 Å². The Morgan fingerprint density at radius 2 is 1.93 bits per heavy atom. The number of carbonyl (C=O) groups is 2. The second kappa shape index (κ2) is 8.21. The summed E-state index contributed by atoms with van der Waals surface area (Å²) in [5.41, 5.74) is 2.14. The Hall–Kier alpha value is -3.22. The van der Waals surface area contributed by atoms with E-state index in [9.17, 15) is 9.59 Å². The van der Waals surface area contributed by atoms with Crippen LogP contribution in [0.3, 0.4) is 0 Å². The van der Waals surface area contributed by atoms with E-state index >= 15 is 0 Å². The van der Waals surface area contributed by atoms with Gasteiger partial charge in [0, 0.05) is 30.5 Å². The monoisotopic (exact) mass is 382 g/mol. The number of hydrogen-bond donors (Lipinski definition) is 2. The number of fused-ring (bicyclic) bond motifs is 3. The first-order valence-corrected chi connectivity index (χ1v) is 9.46. The standard InChI is InChI=1S/C21H22N2O5/c24-20(22-9-10-23-21(25)19-6-3-11-26-19)13-27-14-7-8-18-16(12-14)15-4-1-2-5-17(15)28-18/h3,6-8,11-12H,1-2,4-5,9-10,13H2,(H,22,24)(H,23,25). The van der Waals surface area contributed by atoms with Crippen molar-refractivity contribution < 1.29 is 23.2 Å². The highest BCUT2D eigenvalue weighted by Crippen LogP contribution is 2.33. The summed E-state index contributed by atoms with van der Waals surface area (Å²) >= 11 is 0. The van der Waals surface area contributed by atoms with Crippen molar-refractivity contribution in [2.24, 2.45) is 0 Å². The van der Waals surface area contributed by atoms with E-state index in [1.54, 1.807) is 12.1 Å². The number of carbonyl (C=O) groups excluding carboxylic acids is 2. The van der Waals surface area contributed by atoms with Crippen LogP contribution in [0, 0.1) is 0 Å². The van der Waals surface area contributed by atoms with Crippen LogP contribution in [0.1, 0.15) is 34.7 Å². The normalized spacial score (nSPS) is 13.1. The minimum atomic E-state index is -0.313. The van der Waals surface area contributed by atoms with Crippen molar-refractivity contribution in [3.63, 3.8) is 0 Å². The third-order valence-corrected chi connectivity index (χ3v) is 4.77. The molecule has 0 unspecified atom stereocenters. The Morgan fingerprint density at radius 3 is 2.79 bits per heavy atom. The summed E-state index contributed by atoms with van der Waals surface area (Å²) < 4.78 is 16.5. The number of rotatable bonds is 7. The van der Waals surface area contributed by atoms with Gasteiger partial charge in [-0.25, -0.2) is 0 Å². The molecular weight excluding hydrogens is 360 g/mol. The fourth-order valence-corrected chi connectivity index (χ4v) is 3.40. The Kier molecular flexibility index (Phi) is 5.32. The smallest absolute Gasteiger partial charge is 0.287 e. The molecular formula is C21H22N2O5. The minimum Gasteiger partial charge on any atom is -0.484 e. The van der Waals surface area contributed by atoms with Gasteiger partial charge in [0.15, 0.2) is 12.4 Å². The molecule has 0 aliphatic heterocycles. The third-order valence-electron chi connectivity index (χ3n) is 4.77. The molecule has 146 valence electrons. The Morgan fingerprint density at radius 1 is 1.07 bits per heavy atom. The summed E-state index contributed by atoms with van der Waals surface area (Å²) in [5.74, 6) is 1.40. The van der Waals surface area contributed by atoms with Crippen LogP contribution in [-0.4, -0.2) is 31.5 Å². The lowest BCUT2D eigenvalue weighted by Gasteiger charge is -2.09. The van der Waals surface area contributed by atoms with Crippen molar-refractivity contribution in [1.82, 2.24) is 10.6 Å². The average Bonchev–Trinajstić information content (AvgIpc) is 3.37. The number of benzene rings is 1. The van der Waals surface area contributed by atoms with Gasteiger partial charge in [-0.15, -0.1) is 0 Å². The van der Waals surface area contributed by atoms with Crippen LogP contribution in [0.15, 0.2) is 45.4 Å². The fraction of sp³-hybridized carbons (Fsp3) is 0.333. The molecule has 0 fully saturated rings. The Labute approximate surface area is 162 Å². The largest absolute Gasteiger partial charge is 0.484 e. The van der Waals surface area contributed by atoms with Crippen LogP contribution in [0.4, 0.5) is 0 Å². The van der Waals surface area contributed by atoms with E-state index in [-0.39, 0.29) is 24.2 Å². The molecule has 0 saturated heterocycles. The zero-order chi connectivity index (χ0) is 19.3. The number of furan rings is 2. The fourth-order valence-electron chi connectivity index (χ4n) is 3.40. The first-order valence-electron chi connectivity index (χ1n) is 9.46. The molecule has 3 aromatic rings. The molecule has 1 aromatic carbocycles. The maximum absolute atomic E-state index is 12.0. The van der Waals surface area contributed by atoms with Gasteiger partial charge in [-0.1, -0.05) is 0 Å². The van der Waals surface area contributed by atoms with Gasteiger partial charge in [0.1, 0.15) is 17.1 Å². The summed E-state index contributed by atoms with van der Waals surface area (Å²) in [6, 6.07) is 8.87. The van der Waals surface area contributed by atoms with Crippen molar-refractivity contribution in [3.8, 4) is 5.75 Å². The summed E-state index contributed by atoms with van der Waals surface area (Å²) in [4.78, 5) is 23.6. The van der Waals surface area contributed by atoms with E-state index in [1.807, 2.05) is 18.2 Å². The van der Waals surface area contributed by atoms with Gasteiger partial charge in [-0.05, 0) is 49.6 Å². The van der Waals surface area contributed by atoms with Crippen LogP contribution in [0.25, 0.3) is 11.0 Å². The molecule has 2 heterocycles. The van der Waals surface area contributed by atoms with Gasteiger partial charge < -0.3 is 24.2 Å². The summed E-state index contributed by atoms with van der Waals surface area (Å²) in [7, 11) is 0. The van der Waals surface area contributed by atoms with Crippen molar-refractivity contribution in [3.05, 3.63) is 53.7 Å². The van der Waals surface area contributed by atoms with E-state index in [0.29, 0.717) is 18.8 Å². The minimum absolute atomic E-state index is 0.0856. The molecule has 4 rings (SSSR count). The predicted octanol–water partition coefficient (Wildman–Crippen LogP) is 2.83. The molecule has 7 heteroatoms. The first-order chi connectivity index (χ1) is 13.7. The molecule has 0 spiro atoms. The van der Waals surface area contributed by atoms with Gasteiger partial charge in [-0.2, -0.15) is 0 Å². The first kappa shape index (κ1) is 18.2. The summed E-state index contributed by atoms with van der Waals surface area (Å²) in [6.45, 7) is 0.527. The van der Waals surface area contributed by atoms with E-state index in [1.165, 1.54) is 18.2 Å². The SMILES string of the molecule is O=C(COc1ccc2oc3c(c2c1)CCCC3)NCCNC(=O)c1ccco1. The summed E-state index contributed by atoms with van der Waals surface area (Å²) in [5, 5.41) is 6.45. The van der Waals surface area contributed by atoms with Crippen LogP contribution < -0.4 is 15.4 Å². The highest BCUT2D eigenvalue weighted by molar-refractivity contribution is 5.91. The van der Waals surface area contributed by atoms with Crippen LogP contribution in [0.2, 0.25) is 0 Å². The van der Waals surface area contributed by atoms with E-state index in [2.05, 4.69) is 10.6 Å². The van der Waals surface area contributed by atoms with Gasteiger partial charge in [0.25, 0.3) is 11.8 Å². The van der Waals surface area contributed by atoms with Gasteiger partial charge in [-0.3, -0.25) is 9.59 Å². The lowest BCUT2D eigenvalue weighted by molar-refractivity contribution is -0.123. The third kappa shape index (κ3) is 4.03. The topological polar surface area (TPSA) is 93.7 Å². The van der Waals surface area contributed by atoms with E-state index in [4.69, 9.17) is 13.6 Å². The van der Waals surface area contributed by atoms with E-state index < -0.39 is 0 Å². The second-order valence-corrected chi connectivity index (χ2v) is 6.74. The molecule has 0 atom stereocenters. The molecule has 7 nitrogen and oxygen atoms in total. The molecule has 28 heavy (non-hydrogen) atoms. The zero-order valence-corrected chi connectivity index (χ0v) is 15.5. The van der Waals surface area contributed by atoms with Gasteiger partial charge in [0.2, 0.25) is 0 Å². The summed E-state index contributed by atoms with van der Waals surface area (Å²) in [6.07, 6.45) is 5.78. The molecule has 2 aromatic heterocycles. The maximum Gasteiger partial charge on any atom is 0.287 e. The average molecular weight is 382 g/mol. The molecule has 0 saturated carbocycles. The van der Waals surface area contributed by atoms with Crippen LogP contribution in [0.5, 0.6) is 5.75 Å². The second-order valence-electron chi connectivity index (χ2n) is 6.74. The number of aryl methyl sites for hydroxylation is 2. The number of ether oxygens (including phenoxy) is 1. The van der Waals surface area contributed by atoms with E-state index in [0.717, 1.165) is 36.0 Å². The quantitative estimate of drug-likeness (QED) is 0.613. The molecule has 2 amide bonds. The Balaban J connectivity index is 1.24. The molecule has 0 radical (unpaired) electrons. The van der Waals surface area contributed by atoms with Crippen molar-refractivity contribution in [2.45, 2.75) is 25.7 Å². The predicted molar refractivity (Wildman–Crippen MR) is 102 cm³/mol. The molecule has 2 N–H and O–H groups in total. The number of nitrogens with one attached hydrogen (secondary N) is 2. The Bertz CT molecular complexity index is 974. The lowest BCUT2D eigenvalue weighted by atomic mass is 9.96.